The van der Waals surface area contributed by atoms with Crippen molar-refractivity contribution in [3.63, 3.8) is 0 Å². The Hall–Kier alpha value is -1.65. The highest BCUT2D eigenvalue weighted by Crippen LogP contribution is 2.29. The van der Waals surface area contributed by atoms with E-state index >= 15 is 0 Å². The molecule has 5 heteroatoms. The van der Waals surface area contributed by atoms with Crippen LogP contribution in [0.1, 0.15) is 29.2 Å². The third-order valence-corrected chi connectivity index (χ3v) is 2.20. The third-order valence-electron chi connectivity index (χ3n) is 2.20. The van der Waals surface area contributed by atoms with Gasteiger partial charge in [-0.1, -0.05) is 0 Å². The summed E-state index contributed by atoms with van der Waals surface area (Å²) in [6.07, 6.45) is 2.38. The van der Waals surface area contributed by atoms with Crippen molar-refractivity contribution in [2.75, 3.05) is 6.61 Å². The summed E-state index contributed by atoms with van der Waals surface area (Å²) >= 11 is 0. The van der Waals surface area contributed by atoms with Gasteiger partial charge in [0.25, 0.3) is 0 Å². The van der Waals surface area contributed by atoms with Crippen LogP contribution < -0.4 is 4.74 Å². The lowest BCUT2D eigenvalue weighted by Crippen LogP contribution is -2.07. The molecule has 0 saturated heterocycles. The summed E-state index contributed by atoms with van der Waals surface area (Å²) < 4.78 is 5.39. The molecule has 15 heavy (non-hydrogen) atoms. The molecule has 1 aliphatic carbocycles. The van der Waals surface area contributed by atoms with Crippen LogP contribution in [0.2, 0.25) is 0 Å². The molecule has 0 bridgehead atoms. The van der Waals surface area contributed by atoms with Crippen molar-refractivity contribution in [3.05, 3.63) is 17.6 Å². The number of hydrogen-bond donors (Lipinski definition) is 1. The summed E-state index contributed by atoms with van der Waals surface area (Å²) in [6, 6.07) is 1.36. The van der Waals surface area contributed by atoms with Crippen LogP contribution in [0.5, 0.6) is 5.88 Å². The molecule has 80 valence electrons. The van der Waals surface area contributed by atoms with Crippen molar-refractivity contribution < 1.29 is 14.6 Å². The number of aryl methyl sites for hydroxylation is 1. The molecule has 1 saturated carbocycles. The number of aromatic carboxylic acids is 1. The molecule has 2 rings (SSSR count). The molecule has 0 spiro atoms. The van der Waals surface area contributed by atoms with Crippen molar-refractivity contribution in [1.82, 2.24) is 9.97 Å². The van der Waals surface area contributed by atoms with E-state index in [2.05, 4.69) is 9.97 Å². The van der Waals surface area contributed by atoms with Crippen molar-refractivity contribution in [2.24, 2.45) is 5.92 Å². The average molecular weight is 208 g/mol. The maximum Gasteiger partial charge on any atom is 0.354 e. The summed E-state index contributed by atoms with van der Waals surface area (Å²) in [7, 11) is 0. The Morgan fingerprint density at radius 1 is 1.60 bits per heavy atom. The Labute approximate surface area is 87.1 Å². The van der Waals surface area contributed by atoms with Crippen molar-refractivity contribution >= 4 is 5.97 Å². The third kappa shape index (κ3) is 2.65. The van der Waals surface area contributed by atoms with Gasteiger partial charge in [-0.3, -0.25) is 0 Å². The second-order valence-electron chi connectivity index (χ2n) is 3.70. The lowest BCUT2D eigenvalue weighted by molar-refractivity contribution is 0.0689. The number of nitrogens with zero attached hydrogens (tertiary/aromatic N) is 2. The molecule has 0 amide bonds. The Bertz CT molecular complexity index is 388. The molecule has 1 heterocycles. The lowest BCUT2D eigenvalue weighted by Gasteiger charge is -2.05. The summed E-state index contributed by atoms with van der Waals surface area (Å²) in [6.45, 7) is 2.27. The van der Waals surface area contributed by atoms with Crippen molar-refractivity contribution in [3.8, 4) is 5.88 Å². The second-order valence-corrected chi connectivity index (χ2v) is 3.70. The monoisotopic (exact) mass is 208 g/mol. The van der Waals surface area contributed by atoms with Gasteiger partial charge in [-0.2, -0.15) is 4.98 Å². The van der Waals surface area contributed by atoms with Crippen LogP contribution in [0.3, 0.4) is 0 Å². The van der Waals surface area contributed by atoms with Crippen LogP contribution >= 0.6 is 0 Å². The summed E-state index contributed by atoms with van der Waals surface area (Å²) in [5, 5.41) is 8.78. The first kappa shape index (κ1) is 9.89. The molecule has 0 aliphatic heterocycles. The van der Waals surface area contributed by atoms with Crippen molar-refractivity contribution in [1.29, 1.82) is 0 Å². The Morgan fingerprint density at radius 3 is 2.93 bits per heavy atom. The van der Waals surface area contributed by atoms with Crippen molar-refractivity contribution in [2.45, 2.75) is 19.8 Å². The van der Waals surface area contributed by atoms with Gasteiger partial charge in [0, 0.05) is 6.07 Å². The van der Waals surface area contributed by atoms with E-state index in [4.69, 9.17) is 9.84 Å². The standard InChI is InChI=1S/C10H12N2O3/c1-6-11-8(10(13)14)4-9(12-6)15-5-7-2-3-7/h4,7H,2-3,5H2,1H3,(H,13,14). The average Bonchev–Trinajstić information content (AvgIpc) is 2.97. The molecule has 0 unspecified atom stereocenters. The second kappa shape index (κ2) is 3.84. The quantitative estimate of drug-likeness (QED) is 0.806. The highest BCUT2D eigenvalue weighted by molar-refractivity contribution is 5.85. The molecule has 1 aromatic heterocycles. The number of carboxylic acids is 1. The predicted octanol–water partition coefficient (Wildman–Crippen LogP) is 1.27. The zero-order valence-electron chi connectivity index (χ0n) is 8.43. The normalized spacial score (nSPS) is 15.0. The molecular formula is C10H12N2O3. The summed E-state index contributed by atoms with van der Waals surface area (Å²) in [5.41, 5.74) is -0.0201. The number of ether oxygens (including phenoxy) is 1. The van der Waals surface area contributed by atoms with Crippen LogP contribution in [0.15, 0.2) is 6.07 Å². The van der Waals surface area contributed by atoms with Crippen LogP contribution in [0, 0.1) is 12.8 Å². The minimum atomic E-state index is -1.06. The van der Waals surface area contributed by atoms with Gasteiger partial charge in [0.05, 0.1) is 6.61 Å². The molecule has 0 radical (unpaired) electrons. The highest BCUT2D eigenvalue weighted by Gasteiger charge is 2.22. The van der Waals surface area contributed by atoms with E-state index in [1.54, 1.807) is 6.92 Å². The topological polar surface area (TPSA) is 72.3 Å². The van der Waals surface area contributed by atoms with Gasteiger partial charge < -0.3 is 9.84 Å². The van der Waals surface area contributed by atoms with Gasteiger partial charge in [-0.15, -0.1) is 0 Å². The molecule has 1 N–H and O–H groups in total. The fourth-order valence-electron chi connectivity index (χ4n) is 1.21. The van der Waals surface area contributed by atoms with Gasteiger partial charge in [0.1, 0.15) is 5.82 Å². The molecule has 0 aromatic carbocycles. The van der Waals surface area contributed by atoms with E-state index in [9.17, 15) is 4.79 Å². The van der Waals surface area contributed by atoms with E-state index in [1.165, 1.54) is 18.9 Å². The van der Waals surface area contributed by atoms with E-state index in [0.717, 1.165) is 0 Å². The fourth-order valence-corrected chi connectivity index (χ4v) is 1.21. The molecule has 5 nitrogen and oxygen atoms in total. The largest absolute Gasteiger partial charge is 0.477 e. The number of hydrogen-bond acceptors (Lipinski definition) is 4. The first-order chi connectivity index (χ1) is 7.15. The number of aromatic nitrogens is 2. The van der Waals surface area contributed by atoms with Gasteiger partial charge in [0.2, 0.25) is 5.88 Å². The highest BCUT2D eigenvalue weighted by atomic mass is 16.5. The minimum absolute atomic E-state index is 0.0201. The van der Waals surface area contributed by atoms with E-state index < -0.39 is 5.97 Å². The minimum Gasteiger partial charge on any atom is -0.477 e. The number of carboxylic acid groups (broad SMARTS) is 1. The molecule has 1 aliphatic rings. The SMILES string of the molecule is Cc1nc(OCC2CC2)cc(C(=O)O)n1. The fraction of sp³-hybridized carbons (Fsp3) is 0.500. The van der Waals surface area contributed by atoms with E-state index in [0.29, 0.717) is 24.2 Å². The van der Waals surface area contributed by atoms with Crippen LogP contribution in [0.25, 0.3) is 0 Å². The maximum absolute atomic E-state index is 10.7. The van der Waals surface area contributed by atoms with E-state index in [-0.39, 0.29) is 5.69 Å². The molecule has 0 atom stereocenters. The predicted molar refractivity (Wildman–Crippen MR) is 51.9 cm³/mol. The van der Waals surface area contributed by atoms with Crippen LogP contribution in [-0.2, 0) is 0 Å². The Kier molecular flexibility index (Phi) is 2.53. The maximum atomic E-state index is 10.7. The first-order valence-corrected chi connectivity index (χ1v) is 4.87. The number of carbonyl (C=O) groups is 1. The molecule has 1 fully saturated rings. The first-order valence-electron chi connectivity index (χ1n) is 4.87. The van der Waals surface area contributed by atoms with Crippen LogP contribution in [-0.4, -0.2) is 27.7 Å². The smallest absolute Gasteiger partial charge is 0.354 e. The van der Waals surface area contributed by atoms with Gasteiger partial charge in [-0.25, -0.2) is 9.78 Å². The van der Waals surface area contributed by atoms with Gasteiger partial charge in [-0.05, 0) is 25.7 Å². The zero-order valence-corrected chi connectivity index (χ0v) is 8.43. The van der Waals surface area contributed by atoms with E-state index in [1.807, 2.05) is 0 Å². The van der Waals surface area contributed by atoms with Gasteiger partial charge >= 0.3 is 5.97 Å². The number of rotatable bonds is 4. The molecule has 1 aromatic rings. The Balaban J connectivity index is 2.10. The lowest BCUT2D eigenvalue weighted by atomic mass is 10.4. The van der Waals surface area contributed by atoms with Gasteiger partial charge in [0.15, 0.2) is 5.69 Å². The summed E-state index contributed by atoms with van der Waals surface area (Å²) in [5.74, 6) is 0.331. The zero-order chi connectivity index (χ0) is 10.8. The Morgan fingerprint density at radius 2 is 2.33 bits per heavy atom. The summed E-state index contributed by atoms with van der Waals surface area (Å²) in [4.78, 5) is 18.5. The molecular weight excluding hydrogens is 196 g/mol. The van der Waals surface area contributed by atoms with Crippen LogP contribution in [0.4, 0.5) is 0 Å².